The standard InChI is InChI=1S/C25H20F3NO4/c1-29-22(13-23(30)31)20-10-9-19(12-21(20)24(29)32)33-14-15-3-2-4-17(11-15)16-5-7-18(8-6-16)25(26,27)28/h2-12,22H,13-14H2,1H3,(H,30,31)/t22-/m1/s1. The normalized spacial score (nSPS) is 15.5. The van der Waals surface area contributed by atoms with Crippen LogP contribution in [0.1, 0.15) is 39.5 Å². The number of nitrogens with zero attached hydrogens (tertiary/aromatic N) is 1. The van der Waals surface area contributed by atoms with Gasteiger partial charge >= 0.3 is 12.1 Å². The van der Waals surface area contributed by atoms with E-state index in [2.05, 4.69) is 0 Å². The van der Waals surface area contributed by atoms with E-state index in [1.54, 1.807) is 37.4 Å². The number of fused-ring (bicyclic) bond motifs is 1. The van der Waals surface area contributed by atoms with Crippen LogP contribution in [0.25, 0.3) is 11.1 Å². The van der Waals surface area contributed by atoms with E-state index in [1.807, 2.05) is 12.1 Å². The Morgan fingerprint density at radius 3 is 2.42 bits per heavy atom. The molecule has 0 unspecified atom stereocenters. The molecule has 0 radical (unpaired) electrons. The van der Waals surface area contributed by atoms with Crippen molar-refractivity contribution in [1.29, 1.82) is 0 Å². The summed E-state index contributed by atoms with van der Waals surface area (Å²) in [7, 11) is 1.57. The second-order valence-electron chi connectivity index (χ2n) is 7.84. The summed E-state index contributed by atoms with van der Waals surface area (Å²) in [6.45, 7) is 0.190. The molecule has 1 atom stereocenters. The zero-order valence-corrected chi connectivity index (χ0v) is 17.6. The molecule has 0 saturated heterocycles. The number of benzene rings is 3. The van der Waals surface area contributed by atoms with Gasteiger partial charge in [-0.1, -0.05) is 36.4 Å². The molecule has 3 aromatic rings. The number of rotatable bonds is 6. The Balaban J connectivity index is 1.48. The van der Waals surface area contributed by atoms with Crippen molar-refractivity contribution < 1.29 is 32.6 Å². The lowest BCUT2D eigenvalue weighted by molar-refractivity contribution is -0.138. The topological polar surface area (TPSA) is 66.8 Å². The summed E-state index contributed by atoms with van der Waals surface area (Å²) in [4.78, 5) is 25.0. The quantitative estimate of drug-likeness (QED) is 0.529. The lowest BCUT2D eigenvalue weighted by atomic mass is 10.0. The van der Waals surface area contributed by atoms with Crippen LogP contribution in [0.2, 0.25) is 0 Å². The molecule has 5 nitrogen and oxygen atoms in total. The van der Waals surface area contributed by atoms with Gasteiger partial charge in [0.2, 0.25) is 0 Å². The minimum atomic E-state index is -4.38. The fourth-order valence-corrected chi connectivity index (χ4v) is 3.91. The fourth-order valence-electron chi connectivity index (χ4n) is 3.91. The van der Waals surface area contributed by atoms with Crippen molar-refractivity contribution in [3.05, 3.63) is 89.0 Å². The van der Waals surface area contributed by atoms with Crippen molar-refractivity contribution in [2.45, 2.75) is 25.2 Å². The Bertz CT molecular complexity index is 1210. The zero-order valence-electron chi connectivity index (χ0n) is 17.6. The number of hydrogen-bond acceptors (Lipinski definition) is 3. The van der Waals surface area contributed by atoms with E-state index >= 15 is 0 Å². The van der Waals surface area contributed by atoms with Crippen LogP contribution in [-0.2, 0) is 17.6 Å². The maximum absolute atomic E-state index is 12.8. The second kappa shape index (κ2) is 8.61. The third kappa shape index (κ3) is 4.69. The molecule has 0 spiro atoms. The van der Waals surface area contributed by atoms with Crippen LogP contribution in [0.3, 0.4) is 0 Å². The number of amides is 1. The summed E-state index contributed by atoms with van der Waals surface area (Å²) in [6, 6.07) is 16.7. The Kier molecular flexibility index (Phi) is 5.84. The van der Waals surface area contributed by atoms with Crippen LogP contribution in [-0.4, -0.2) is 28.9 Å². The van der Waals surface area contributed by atoms with Gasteiger partial charge in [0, 0.05) is 12.6 Å². The van der Waals surface area contributed by atoms with Crippen LogP contribution in [0.15, 0.2) is 66.7 Å². The number of aliphatic carboxylic acids is 1. The van der Waals surface area contributed by atoms with Crippen molar-refractivity contribution in [1.82, 2.24) is 4.90 Å². The average Bonchev–Trinajstić information content (AvgIpc) is 3.01. The molecule has 1 aliphatic heterocycles. The van der Waals surface area contributed by atoms with Crippen LogP contribution in [0.5, 0.6) is 5.75 Å². The highest BCUT2D eigenvalue weighted by molar-refractivity contribution is 5.99. The van der Waals surface area contributed by atoms with Gasteiger partial charge in [0.15, 0.2) is 0 Å². The molecule has 1 aliphatic rings. The summed E-state index contributed by atoms with van der Waals surface area (Å²) in [5, 5.41) is 9.11. The number of halogens is 3. The minimum Gasteiger partial charge on any atom is -0.489 e. The number of hydrogen-bond donors (Lipinski definition) is 1. The molecule has 0 fully saturated rings. The van der Waals surface area contributed by atoms with Gasteiger partial charge in [0.1, 0.15) is 12.4 Å². The molecule has 8 heteroatoms. The zero-order chi connectivity index (χ0) is 23.8. The maximum atomic E-state index is 12.8. The van der Waals surface area contributed by atoms with Crippen molar-refractivity contribution in [3.63, 3.8) is 0 Å². The monoisotopic (exact) mass is 455 g/mol. The van der Waals surface area contributed by atoms with Gasteiger partial charge in [0.05, 0.1) is 18.0 Å². The molecule has 0 bridgehead atoms. The minimum absolute atomic E-state index is 0.174. The van der Waals surface area contributed by atoms with Crippen molar-refractivity contribution >= 4 is 11.9 Å². The predicted molar refractivity (Wildman–Crippen MR) is 115 cm³/mol. The summed E-state index contributed by atoms with van der Waals surface area (Å²) in [5.41, 5.74) is 2.59. The molecule has 4 rings (SSSR count). The summed E-state index contributed by atoms with van der Waals surface area (Å²) >= 11 is 0. The predicted octanol–water partition coefficient (Wildman–Crippen LogP) is 5.55. The Morgan fingerprint density at radius 2 is 1.76 bits per heavy atom. The molecular formula is C25H20F3NO4. The second-order valence-corrected chi connectivity index (χ2v) is 7.84. The smallest absolute Gasteiger partial charge is 0.416 e. The molecular weight excluding hydrogens is 435 g/mol. The van der Waals surface area contributed by atoms with E-state index in [9.17, 15) is 22.8 Å². The van der Waals surface area contributed by atoms with Gasteiger partial charge in [-0.3, -0.25) is 9.59 Å². The van der Waals surface area contributed by atoms with Crippen LogP contribution < -0.4 is 4.74 Å². The van der Waals surface area contributed by atoms with Crippen LogP contribution in [0.4, 0.5) is 13.2 Å². The lowest BCUT2D eigenvalue weighted by Gasteiger charge is -2.18. The van der Waals surface area contributed by atoms with Gasteiger partial charge in [-0.2, -0.15) is 13.2 Å². The fraction of sp³-hybridized carbons (Fsp3) is 0.200. The van der Waals surface area contributed by atoms with E-state index in [0.29, 0.717) is 22.4 Å². The first-order valence-corrected chi connectivity index (χ1v) is 10.2. The molecule has 0 aromatic heterocycles. The van der Waals surface area contributed by atoms with E-state index in [-0.39, 0.29) is 18.9 Å². The van der Waals surface area contributed by atoms with Crippen molar-refractivity contribution in [2.24, 2.45) is 0 Å². The first-order chi connectivity index (χ1) is 15.6. The average molecular weight is 455 g/mol. The summed E-state index contributed by atoms with van der Waals surface area (Å²) in [6.07, 6.45) is -4.56. The molecule has 0 saturated carbocycles. The highest BCUT2D eigenvalue weighted by atomic mass is 19.4. The molecule has 33 heavy (non-hydrogen) atoms. The first kappa shape index (κ1) is 22.4. The molecule has 1 heterocycles. The molecule has 3 aromatic carbocycles. The van der Waals surface area contributed by atoms with Crippen molar-refractivity contribution in [2.75, 3.05) is 7.05 Å². The van der Waals surface area contributed by atoms with Gasteiger partial charge in [-0.15, -0.1) is 0 Å². The van der Waals surface area contributed by atoms with Gasteiger partial charge in [-0.05, 0) is 52.6 Å². The Hall–Kier alpha value is -3.81. The highest BCUT2D eigenvalue weighted by Crippen LogP contribution is 2.37. The van der Waals surface area contributed by atoms with E-state index < -0.39 is 23.8 Å². The number of carboxylic acid groups (broad SMARTS) is 1. The largest absolute Gasteiger partial charge is 0.489 e. The number of carbonyl (C=O) groups excluding carboxylic acids is 1. The Morgan fingerprint density at radius 1 is 1.03 bits per heavy atom. The SMILES string of the molecule is CN1C(=O)c2cc(OCc3cccc(-c4ccc(C(F)(F)F)cc4)c3)ccc2[C@H]1CC(=O)O. The van der Waals surface area contributed by atoms with Crippen LogP contribution >= 0.6 is 0 Å². The highest BCUT2D eigenvalue weighted by Gasteiger charge is 2.35. The first-order valence-electron chi connectivity index (χ1n) is 10.2. The van der Waals surface area contributed by atoms with Gasteiger partial charge in [0.25, 0.3) is 5.91 Å². The third-order valence-corrected chi connectivity index (χ3v) is 5.65. The third-order valence-electron chi connectivity index (χ3n) is 5.65. The number of carboxylic acids is 1. The number of ether oxygens (including phenoxy) is 1. The van der Waals surface area contributed by atoms with Crippen molar-refractivity contribution in [3.8, 4) is 16.9 Å². The van der Waals surface area contributed by atoms with E-state index in [4.69, 9.17) is 9.84 Å². The summed E-state index contributed by atoms with van der Waals surface area (Å²) < 4.78 is 44.2. The molecule has 0 aliphatic carbocycles. The van der Waals surface area contributed by atoms with Gasteiger partial charge < -0.3 is 14.7 Å². The van der Waals surface area contributed by atoms with Gasteiger partial charge in [-0.25, -0.2) is 0 Å². The lowest BCUT2D eigenvalue weighted by Crippen LogP contribution is -2.24. The summed E-state index contributed by atoms with van der Waals surface area (Å²) in [5.74, 6) is -0.779. The number of carbonyl (C=O) groups is 2. The molecule has 170 valence electrons. The van der Waals surface area contributed by atoms with E-state index in [1.165, 1.54) is 17.0 Å². The van der Waals surface area contributed by atoms with E-state index in [0.717, 1.165) is 23.3 Å². The number of alkyl halides is 3. The Labute approximate surface area is 188 Å². The molecule has 1 amide bonds. The van der Waals surface area contributed by atoms with Crippen LogP contribution in [0, 0.1) is 0 Å². The molecule has 1 N–H and O–H groups in total. The maximum Gasteiger partial charge on any atom is 0.416 e.